The Kier molecular flexibility index (Phi) is 6.01. The van der Waals surface area contributed by atoms with Crippen molar-refractivity contribution in [3.63, 3.8) is 0 Å². The van der Waals surface area contributed by atoms with Crippen LogP contribution in [0.5, 0.6) is 0 Å². The lowest BCUT2D eigenvalue weighted by atomic mass is 10.0. The summed E-state index contributed by atoms with van der Waals surface area (Å²) < 4.78 is 0. The highest BCUT2D eigenvalue weighted by molar-refractivity contribution is 7.09. The van der Waals surface area contributed by atoms with Gasteiger partial charge in [0.25, 0.3) is 0 Å². The second-order valence-corrected chi connectivity index (χ2v) is 5.45. The molecule has 0 aliphatic heterocycles. The van der Waals surface area contributed by atoms with E-state index >= 15 is 0 Å². The van der Waals surface area contributed by atoms with Crippen molar-refractivity contribution < 1.29 is 0 Å². The molecule has 1 aromatic carbocycles. The van der Waals surface area contributed by atoms with Crippen LogP contribution in [0.2, 0.25) is 0 Å². The van der Waals surface area contributed by atoms with Crippen molar-refractivity contribution in [3.8, 4) is 0 Å². The van der Waals surface area contributed by atoms with Gasteiger partial charge in [0.1, 0.15) is 0 Å². The zero-order chi connectivity index (χ0) is 13.3. The molecule has 4 heteroatoms. The lowest BCUT2D eigenvalue weighted by Crippen LogP contribution is -2.18. The topological polar surface area (TPSA) is 37.0 Å². The molecule has 0 radical (unpaired) electrons. The maximum absolute atomic E-state index is 4.29. The summed E-state index contributed by atoms with van der Waals surface area (Å²) in [6.45, 7) is 2.94. The van der Waals surface area contributed by atoms with Crippen molar-refractivity contribution >= 4 is 11.3 Å². The predicted octanol–water partition coefficient (Wildman–Crippen LogP) is 2.24. The normalized spacial score (nSPS) is 10.8. The second kappa shape index (κ2) is 8.04. The standard InChI is InChI=1S/C15H21N3S/c1-16-8-6-13-4-2-3-5-14(13)12-17-9-7-15-18-10-11-19-15/h2-5,10-11,16-17H,6-9,12H2,1H3. The minimum atomic E-state index is 0.936. The van der Waals surface area contributed by atoms with Crippen LogP contribution in [0.3, 0.4) is 0 Å². The number of aromatic nitrogens is 1. The average molecular weight is 275 g/mol. The Balaban J connectivity index is 1.78. The molecule has 0 saturated carbocycles. The van der Waals surface area contributed by atoms with Crippen LogP contribution < -0.4 is 10.6 Å². The fourth-order valence-corrected chi connectivity index (χ4v) is 2.65. The van der Waals surface area contributed by atoms with Crippen LogP contribution in [0, 0.1) is 0 Å². The maximum Gasteiger partial charge on any atom is 0.0937 e. The Labute approximate surface area is 119 Å². The third kappa shape index (κ3) is 4.74. The summed E-state index contributed by atoms with van der Waals surface area (Å²) in [7, 11) is 1.99. The Bertz CT molecular complexity index is 468. The molecule has 2 rings (SSSR count). The maximum atomic E-state index is 4.29. The van der Waals surface area contributed by atoms with E-state index in [1.54, 1.807) is 11.3 Å². The Morgan fingerprint density at radius 1 is 1.11 bits per heavy atom. The SMILES string of the molecule is CNCCc1ccccc1CNCCc1nccs1. The first kappa shape index (κ1) is 14.2. The summed E-state index contributed by atoms with van der Waals surface area (Å²) >= 11 is 1.72. The van der Waals surface area contributed by atoms with Crippen molar-refractivity contribution in [1.82, 2.24) is 15.6 Å². The number of rotatable bonds is 8. The number of thiazole rings is 1. The molecule has 0 saturated heterocycles. The van der Waals surface area contributed by atoms with Crippen LogP contribution in [0.1, 0.15) is 16.1 Å². The minimum Gasteiger partial charge on any atom is -0.319 e. The molecule has 0 amide bonds. The third-order valence-electron chi connectivity index (χ3n) is 3.08. The van der Waals surface area contributed by atoms with Crippen LogP contribution in [0.25, 0.3) is 0 Å². The van der Waals surface area contributed by atoms with Crippen LogP contribution in [0.15, 0.2) is 35.8 Å². The summed E-state index contributed by atoms with van der Waals surface area (Å²) in [6, 6.07) is 8.65. The van der Waals surface area contributed by atoms with E-state index in [9.17, 15) is 0 Å². The molecule has 0 aliphatic rings. The molecule has 0 unspecified atom stereocenters. The summed E-state index contributed by atoms with van der Waals surface area (Å²) in [5.74, 6) is 0. The van der Waals surface area contributed by atoms with Crippen LogP contribution in [-0.4, -0.2) is 25.1 Å². The van der Waals surface area contributed by atoms with E-state index < -0.39 is 0 Å². The first-order chi connectivity index (χ1) is 9.40. The molecular formula is C15H21N3S. The molecule has 0 spiro atoms. The lowest BCUT2D eigenvalue weighted by molar-refractivity contribution is 0.677. The molecule has 0 atom stereocenters. The fourth-order valence-electron chi connectivity index (χ4n) is 2.03. The zero-order valence-corrected chi connectivity index (χ0v) is 12.2. The van der Waals surface area contributed by atoms with Crippen molar-refractivity contribution in [2.24, 2.45) is 0 Å². The van der Waals surface area contributed by atoms with Gasteiger partial charge in [-0.2, -0.15) is 0 Å². The van der Waals surface area contributed by atoms with Gasteiger partial charge in [0.15, 0.2) is 0 Å². The van der Waals surface area contributed by atoms with E-state index in [4.69, 9.17) is 0 Å². The first-order valence-corrected chi connectivity index (χ1v) is 7.58. The van der Waals surface area contributed by atoms with Crippen molar-refractivity contribution in [3.05, 3.63) is 52.0 Å². The van der Waals surface area contributed by atoms with E-state index in [0.717, 1.165) is 32.5 Å². The quantitative estimate of drug-likeness (QED) is 0.726. The van der Waals surface area contributed by atoms with Gasteiger partial charge < -0.3 is 10.6 Å². The highest BCUT2D eigenvalue weighted by atomic mass is 32.1. The smallest absolute Gasteiger partial charge is 0.0937 e. The van der Waals surface area contributed by atoms with Gasteiger partial charge >= 0.3 is 0 Å². The minimum absolute atomic E-state index is 0.936. The van der Waals surface area contributed by atoms with Crippen molar-refractivity contribution in [2.45, 2.75) is 19.4 Å². The molecule has 19 heavy (non-hydrogen) atoms. The van der Waals surface area contributed by atoms with Gasteiger partial charge in [-0.05, 0) is 31.1 Å². The van der Waals surface area contributed by atoms with Gasteiger partial charge in [-0.15, -0.1) is 11.3 Å². The largest absolute Gasteiger partial charge is 0.319 e. The second-order valence-electron chi connectivity index (χ2n) is 4.47. The van der Waals surface area contributed by atoms with Gasteiger partial charge in [0, 0.05) is 31.1 Å². The number of hydrogen-bond acceptors (Lipinski definition) is 4. The lowest BCUT2D eigenvalue weighted by Gasteiger charge is -2.10. The van der Waals surface area contributed by atoms with Gasteiger partial charge in [-0.25, -0.2) is 4.98 Å². The summed E-state index contributed by atoms with van der Waals surface area (Å²) in [5.41, 5.74) is 2.83. The highest BCUT2D eigenvalue weighted by Gasteiger charge is 2.01. The highest BCUT2D eigenvalue weighted by Crippen LogP contribution is 2.09. The number of nitrogens with zero attached hydrogens (tertiary/aromatic N) is 1. The van der Waals surface area contributed by atoms with E-state index in [-0.39, 0.29) is 0 Å². The molecule has 1 heterocycles. The average Bonchev–Trinajstić information content (AvgIpc) is 2.95. The molecular weight excluding hydrogens is 254 g/mol. The van der Waals surface area contributed by atoms with Crippen molar-refractivity contribution in [2.75, 3.05) is 20.1 Å². The summed E-state index contributed by atoms with van der Waals surface area (Å²) in [5, 5.41) is 9.94. The number of benzene rings is 1. The molecule has 0 fully saturated rings. The molecule has 3 nitrogen and oxygen atoms in total. The zero-order valence-electron chi connectivity index (χ0n) is 11.4. The molecule has 0 bridgehead atoms. The van der Waals surface area contributed by atoms with E-state index in [2.05, 4.69) is 39.9 Å². The van der Waals surface area contributed by atoms with Crippen molar-refractivity contribution in [1.29, 1.82) is 0 Å². The van der Waals surface area contributed by atoms with E-state index in [1.807, 2.05) is 18.6 Å². The monoisotopic (exact) mass is 275 g/mol. The predicted molar refractivity (Wildman–Crippen MR) is 81.6 cm³/mol. The molecule has 0 aliphatic carbocycles. The van der Waals surface area contributed by atoms with E-state index in [0.29, 0.717) is 0 Å². The molecule has 102 valence electrons. The van der Waals surface area contributed by atoms with Gasteiger partial charge in [0.2, 0.25) is 0 Å². The van der Waals surface area contributed by atoms with Crippen LogP contribution in [0.4, 0.5) is 0 Å². The number of likely N-dealkylation sites (N-methyl/N-ethyl adjacent to an activating group) is 1. The Hall–Kier alpha value is -1.23. The fraction of sp³-hybridized carbons (Fsp3) is 0.400. The van der Waals surface area contributed by atoms with Gasteiger partial charge in [-0.3, -0.25) is 0 Å². The summed E-state index contributed by atoms with van der Waals surface area (Å²) in [4.78, 5) is 4.29. The first-order valence-electron chi connectivity index (χ1n) is 6.70. The molecule has 2 N–H and O–H groups in total. The van der Waals surface area contributed by atoms with Gasteiger partial charge in [-0.1, -0.05) is 24.3 Å². The van der Waals surface area contributed by atoms with Crippen LogP contribution in [-0.2, 0) is 19.4 Å². The molecule has 1 aromatic heterocycles. The van der Waals surface area contributed by atoms with Gasteiger partial charge in [0.05, 0.1) is 5.01 Å². The third-order valence-corrected chi connectivity index (χ3v) is 3.92. The Morgan fingerprint density at radius 2 is 1.95 bits per heavy atom. The van der Waals surface area contributed by atoms with Crippen LogP contribution >= 0.6 is 11.3 Å². The Morgan fingerprint density at radius 3 is 2.68 bits per heavy atom. The summed E-state index contributed by atoms with van der Waals surface area (Å²) in [6.07, 6.45) is 3.96. The molecule has 2 aromatic rings. The number of hydrogen-bond donors (Lipinski definition) is 2. The number of nitrogens with one attached hydrogen (secondary N) is 2. The van der Waals surface area contributed by atoms with E-state index in [1.165, 1.54) is 16.1 Å².